The van der Waals surface area contributed by atoms with Gasteiger partial charge in [-0.05, 0) is 30.9 Å². The maximum absolute atomic E-state index is 10.3. The lowest BCUT2D eigenvalue weighted by Gasteiger charge is -2.31. The summed E-state index contributed by atoms with van der Waals surface area (Å²) in [6.07, 6.45) is 2.91. The molecule has 1 unspecified atom stereocenters. The second kappa shape index (κ2) is 4.74. The summed E-state index contributed by atoms with van der Waals surface area (Å²) < 4.78 is 10.6. The normalized spacial score (nSPS) is 17.7. The van der Waals surface area contributed by atoms with E-state index in [9.17, 15) is 5.11 Å². The summed E-state index contributed by atoms with van der Waals surface area (Å²) in [5, 5.41) is 10.3. The van der Waals surface area contributed by atoms with E-state index in [1.165, 1.54) is 6.42 Å². The molecule has 0 radical (unpaired) electrons. The fourth-order valence-electron chi connectivity index (χ4n) is 2.16. The summed E-state index contributed by atoms with van der Waals surface area (Å²) in [7, 11) is 3.23. The molecule has 1 aliphatic rings. The average Bonchev–Trinajstić information content (AvgIpc) is 2.25. The average molecular weight is 222 g/mol. The van der Waals surface area contributed by atoms with Gasteiger partial charge in [0.15, 0.2) is 0 Å². The first kappa shape index (κ1) is 11.3. The Labute approximate surface area is 96.0 Å². The zero-order valence-corrected chi connectivity index (χ0v) is 9.77. The van der Waals surface area contributed by atoms with Gasteiger partial charge in [-0.15, -0.1) is 0 Å². The maximum Gasteiger partial charge on any atom is 0.128 e. The van der Waals surface area contributed by atoms with Gasteiger partial charge in [-0.3, -0.25) is 0 Å². The van der Waals surface area contributed by atoms with Crippen LogP contribution in [0, 0.1) is 5.92 Å². The van der Waals surface area contributed by atoms with Crippen molar-refractivity contribution >= 4 is 0 Å². The van der Waals surface area contributed by atoms with Crippen molar-refractivity contribution in [1.82, 2.24) is 0 Å². The van der Waals surface area contributed by atoms with E-state index in [0.717, 1.165) is 18.4 Å². The summed E-state index contributed by atoms with van der Waals surface area (Å²) in [4.78, 5) is 0. The van der Waals surface area contributed by atoms with E-state index in [2.05, 4.69) is 0 Å². The molecule has 88 valence electrons. The van der Waals surface area contributed by atoms with Crippen LogP contribution in [0.4, 0.5) is 0 Å². The van der Waals surface area contributed by atoms with E-state index < -0.39 is 6.10 Å². The molecule has 0 aromatic heterocycles. The standard InChI is InChI=1S/C13H18O3/c1-15-10-7-4-8-11(16-2)12(10)13(14)9-5-3-6-9/h4,7-9,13-14H,3,5-6H2,1-2H3. The van der Waals surface area contributed by atoms with Crippen LogP contribution in [-0.2, 0) is 0 Å². The van der Waals surface area contributed by atoms with Crippen LogP contribution in [0.1, 0.15) is 30.9 Å². The zero-order chi connectivity index (χ0) is 11.5. The predicted octanol–water partition coefficient (Wildman–Crippen LogP) is 2.54. The van der Waals surface area contributed by atoms with Crippen LogP contribution in [0.3, 0.4) is 0 Å². The second-order valence-corrected chi connectivity index (χ2v) is 4.21. The van der Waals surface area contributed by atoms with E-state index in [-0.39, 0.29) is 0 Å². The highest BCUT2D eigenvalue weighted by Gasteiger charge is 2.30. The molecule has 1 aromatic rings. The van der Waals surface area contributed by atoms with E-state index in [4.69, 9.17) is 9.47 Å². The highest BCUT2D eigenvalue weighted by atomic mass is 16.5. The fourth-order valence-corrected chi connectivity index (χ4v) is 2.16. The van der Waals surface area contributed by atoms with E-state index in [1.807, 2.05) is 18.2 Å². The van der Waals surface area contributed by atoms with Crippen LogP contribution < -0.4 is 9.47 Å². The smallest absolute Gasteiger partial charge is 0.128 e. The Morgan fingerprint density at radius 3 is 2.12 bits per heavy atom. The van der Waals surface area contributed by atoms with Crippen molar-refractivity contribution in [1.29, 1.82) is 0 Å². The van der Waals surface area contributed by atoms with Crippen LogP contribution in [0.5, 0.6) is 11.5 Å². The molecule has 1 aromatic carbocycles. The first-order valence-corrected chi connectivity index (χ1v) is 5.67. The predicted molar refractivity (Wildman–Crippen MR) is 61.8 cm³/mol. The minimum absolute atomic E-state index is 0.352. The maximum atomic E-state index is 10.3. The molecule has 1 N–H and O–H groups in total. The van der Waals surface area contributed by atoms with Gasteiger partial charge in [-0.2, -0.15) is 0 Å². The van der Waals surface area contributed by atoms with Crippen molar-refractivity contribution in [3.8, 4) is 11.5 Å². The number of benzene rings is 1. The third-order valence-electron chi connectivity index (χ3n) is 3.36. The summed E-state index contributed by atoms with van der Waals surface area (Å²) >= 11 is 0. The van der Waals surface area contributed by atoms with Gasteiger partial charge in [-0.1, -0.05) is 12.5 Å². The lowest BCUT2D eigenvalue weighted by molar-refractivity contribution is 0.0579. The minimum atomic E-state index is -0.472. The first-order chi connectivity index (χ1) is 7.77. The molecule has 3 heteroatoms. The number of hydrogen-bond donors (Lipinski definition) is 1. The first-order valence-electron chi connectivity index (χ1n) is 5.67. The number of hydrogen-bond acceptors (Lipinski definition) is 3. The second-order valence-electron chi connectivity index (χ2n) is 4.21. The highest BCUT2D eigenvalue weighted by molar-refractivity contribution is 5.46. The number of aliphatic hydroxyl groups is 1. The van der Waals surface area contributed by atoms with Crippen molar-refractivity contribution in [2.75, 3.05) is 14.2 Å². The monoisotopic (exact) mass is 222 g/mol. The van der Waals surface area contributed by atoms with Crippen molar-refractivity contribution in [2.45, 2.75) is 25.4 Å². The molecule has 0 heterocycles. The molecule has 0 bridgehead atoms. The molecule has 0 saturated heterocycles. The Morgan fingerprint density at radius 1 is 1.19 bits per heavy atom. The molecule has 1 saturated carbocycles. The quantitative estimate of drug-likeness (QED) is 0.850. The number of ether oxygens (including phenoxy) is 2. The number of methoxy groups -OCH3 is 2. The molecule has 0 spiro atoms. The van der Waals surface area contributed by atoms with Gasteiger partial charge in [0, 0.05) is 0 Å². The largest absolute Gasteiger partial charge is 0.496 e. The Hall–Kier alpha value is -1.22. The molecular formula is C13H18O3. The Morgan fingerprint density at radius 2 is 1.75 bits per heavy atom. The number of rotatable bonds is 4. The summed E-state index contributed by atoms with van der Waals surface area (Å²) in [5.74, 6) is 1.77. The van der Waals surface area contributed by atoms with Crippen LogP contribution >= 0.6 is 0 Å². The van der Waals surface area contributed by atoms with Gasteiger partial charge in [-0.25, -0.2) is 0 Å². The Balaban J connectivity index is 2.34. The topological polar surface area (TPSA) is 38.7 Å². The molecular weight excluding hydrogens is 204 g/mol. The van der Waals surface area contributed by atoms with Crippen LogP contribution in [-0.4, -0.2) is 19.3 Å². The summed E-state index contributed by atoms with van der Waals surface area (Å²) in [6.45, 7) is 0. The van der Waals surface area contributed by atoms with Crippen molar-refractivity contribution < 1.29 is 14.6 Å². The summed E-state index contributed by atoms with van der Waals surface area (Å²) in [5.41, 5.74) is 0.789. The molecule has 16 heavy (non-hydrogen) atoms. The van der Waals surface area contributed by atoms with Gasteiger partial charge in [0.25, 0.3) is 0 Å². The van der Waals surface area contributed by atoms with Crippen LogP contribution in [0.25, 0.3) is 0 Å². The van der Waals surface area contributed by atoms with Crippen LogP contribution in [0.2, 0.25) is 0 Å². The third-order valence-corrected chi connectivity index (χ3v) is 3.36. The zero-order valence-electron chi connectivity index (χ0n) is 9.77. The fraction of sp³-hybridized carbons (Fsp3) is 0.538. The van der Waals surface area contributed by atoms with Gasteiger partial charge >= 0.3 is 0 Å². The molecule has 1 atom stereocenters. The third kappa shape index (κ3) is 1.87. The van der Waals surface area contributed by atoms with Gasteiger partial charge in [0.2, 0.25) is 0 Å². The van der Waals surface area contributed by atoms with E-state index in [0.29, 0.717) is 17.4 Å². The Kier molecular flexibility index (Phi) is 3.34. The molecule has 1 fully saturated rings. The molecule has 0 aliphatic heterocycles. The van der Waals surface area contributed by atoms with E-state index in [1.54, 1.807) is 14.2 Å². The number of aliphatic hydroxyl groups excluding tert-OH is 1. The summed E-state index contributed by atoms with van der Waals surface area (Å²) in [6, 6.07) is 5.59. The van der Waals surface area contributed by atoms with Gasteiger partial charge in [0.05, 0.1) is 25.9 Å². The van der Waals surface area contributed by atoms with Crippen molar-refractivity contribution in [2.24, 2.45) is 5.92 Å². The van der Waals surface area contributed by atoms with Gasteiger partial charge < -0.3 is 14.6 Å². The van der Waals surface area contributed by atoms with Gasteiger partial charge in [0.1, 0.15) is 11.5 Å². The molecule has 1 aliphatic carbocycles. The van der Waals surface area contributed by atoms with Crippen LogP contribution in [0.15, 0.2) is 18.2 Å². The molecule has 3 nitrogen and oxygen atoms in total. The lowest BCUT2D eigenvalue weighted by Crippen LogP contribution is -2.21. The van der Waals surface area contributed by atoms with Crippen molar-refractivity contribution in [3.63, 3.8) is 0 Å². The highest BCUT2D eigenvalue weighted by Crippen LogP contribution is 2.44. The Bertz CT molecular complexity index is 336. The lowest BCUT2D eigenvalue weighted by atomic mass is 9.78. The SMILES string of the molecule is COc1cccc(OC)c1C(O)C1CCC1. The van der Waals surface area contributed by atoms with Crippen molar-refractivity contribution in [3.05, 3.63) is 23.8 Å². The molecule has 2 rings (SSSR count). The molecule has 0 amide bonds. The minimum Gasteiger partial charge on any atom is -0.496 e. The van der Waals surface area contributed by atoms with E-state index >= 15 is 0 Å².